The van der Waals surface area contributed by atoms with Crippen molar-refractivity contribution >= 4 is 45.2 Å². The number of amides is 1. The smallest absolute Gasteiger partial charge is 0.224 e. The van der Waals surface area contributed by atoms with Crippen molar-refractivity contribution < 1.29 is 9.59 Å². The fourth-order valence-electron chi connectivity index (χ4n) is 3.09. The quantitative estimate of drug-likeness (QED) is 0.548. The molecule has 3 rings (SSSR count). The lowest BCUT2D eigenvalue weighted by Crippen LogP contribution is -2.34. The largest absolute Gasteiger partial charge is 0.327 e. The number of Topliss-reactive ketones (excluding diaryl/α,β-unsaturated/α-hetero) is 1. The van der Waals surface area contributed by atoms with Crippen LogP contribution in [0, 0.1) is 14.9 Å². The van der Waals surface area contributed by atoms with Gasteiger partial charge >= 0.3 is 0 Å². The molecule has 1 aromatic heterocycles. The molecule has 1 aliphatic heterocycles. The predicted molar refractivity (Wildman–Crippen MR) is 98.4 cm³/mol. The number of pyridine rings is 1. The number of nitrogens with zero attached hydrogens (tertiary/aromatic N) is 3. The molecule has 2 aromatic rings. The Balaban J connectivity index is 1.74. The van der Waals surface area contributed by atoms with Gasteiger partial charge in [0.1, 0.15) is 6.04 Å². The summed E-state index contributed by atoms with van der Waals surface area (Å²) in [7, 11) is 0. The van der Waals surface area contributed by atoms with E-state index in [0.29, 0.717) is 12.1 Å². The number of carbonyl (C=O) groups excluding carboxylic acids is 2. The van der Waals surface area contributed by atoms with Gasteiger partial charge < -0.3 is 4.90 Å². The van der Waals surface area contributed by atoms with Crippen molar-refractivity contribution in [2.45, 2.75) is 31.7 Å². The lowest BCUT2D eigenvalue weighted by molar-refractivity contribution is -0.131. The summed E-state index contributed by atoms with van der Waals surface area (Å²) in [5.74, 6) is -0.173. The number of hydrogen-bond donors (Lipinski definition) is 0. The molecule has 5 nitrogen and oxygen atoms in total. The Morgan fingerprint density at radius 1 is 1.33 bits per heavy atom. The molecule has 0 saturated carbocycles. The predicted octanol–water partition coefficient (Wildman–Crippen LogP) is 3.32. The second-order valence-electron chi connectivity index (χ2n) is 5.79. The van der Waals surface area contributed by atoms with Crippen molar-refractivity contribution in [3.63, 3.8) is 0 Å². The standard InChI is InChI=1S/C18H16IN3O2/c19-14-4-1-5-15-18(14)13(8-9-21-15)16(23)6-7-17(24)22-10-2-3-12(22)11-20/h1,4-5,8-9,12H,2-3,6-7,10H2/t12-/m0/s1. The summed E-state index contributed by atoms with van der Waals surface area (Å²) < 4.78 is 0.969. The van der Waals surface area contributed by atoms with Gasteiger partial charge in [-0.1, -0.05) is 6.07 Å². The van der Waals surface area contributed by atoms with Gasteiger partial charge in [-0.2, -0.15) is 5.26 Å². The summed E-state index contributed by atoms with van der Waals surface area (Å²) >= 11 is 2.19. The van der Waals surface area contributed by atoms with Gasteiger partial charge in [0.2, 0.25) is 5.91 Å². The lowest BCUT2D eigenvalue weighted by Gasteiger charge is -2.19. The molecule has 0 spiro atoms. The first kappa shape index (κ1) is 16.8. The zero-order valence-corrected chi connectivity index (χ0v) is 15.2. The number of hydrogen-bond acceptors (Lipinski definition) is 4. The summed E-state index contributed by atoms with van der Waals surface area (Å²) in [6, 6.07) is 9.25. The zero-order valence-electron chi connectivity index (χ0n) is 13.0. The van der Waals surface area contributed by atoms with E-state index in [1.54, 1.807) is 17.2 Å². The first-order chi connectivity index (χ1) is 11.6. The molecule has 1 amide bonds. The lowest BCUT2D eigenvalue weighted by atomic mass is 10.0. The Labute approximate surface area is 153 Å². The van der Waals surface area contributed by atoms with Crippen LogP contribution in [0.2, 0.25) is 0 Å². The maximum atomic E-state index is 12.6. The molecule has 0 radical (unpaired) electrons. The molecule has 0 N–H and O–H groups in total. The minimum absolute atomic E-state index is 0.0624. The van der Waals surface area contributed by atoms with Crippen LogP contribution >= 0.6 is 22.6 Å². The van der Waals surface area contributed by atoms with Crippen LogP contribution in [0.25, 0.3) is 10.9 Å². The van der Waals surface area contributed by atoms with E-state index in [4.69, 9.17) is 5.26 Å². The highest BCUT2D eigenvalue weighted by atomic mass is 127. The van der Waals surface area contributed by atoms with Gasteiger partial charge in [-0.3, -0.25) is 14.6 Å². The van der Waals surface area contributed by atoms with Crippen LogP contribution in [0.1, 0.15) is 36.0 Å². The molecule has 1 aromatic carbocycles. The molecule has 24 heavy (non-hydrogen) atoms. The molecule has 0 unspecified atom stereocenters. The number of ketones is 1. The highest BCUT2D eigenvalue weighted by molar-refractivity contribution is 14.1. The van der Waals surface area contributed by atoms with Gasteiger partial charge in [-0.15, -0.1) is 0 Å². The number of halogens is 1. The third kappa shape index (κ3) is 3.26. The van der Waals surface area contributed by atoms with E-state index in [1.807, 2.05) is 18.2 Å². The van der Waals surface area contributed by atoms with Crippen molar-refractivity contribution in [2.75, 3.05) is 6.54 Å². The topological polar surface area (TPSA) is 74.1 Å². The van der Waals surface area contributed by atoms with Gasteiger partial charge in [0, 0.05) is 40.1 Å². The molecule has 2 heterocycles. The fourth-order valence-corrected chi connectivity index (χ4v) is 3.87. The van der Waals surface area contributed by atoms with Gasteiger partial charge in [0.15, 0.2) is 5.78 Å². The molecule has 1 atom stereocenters. The van der Waals surface area contributed by atoms with E-state index < -0.39 is 0 Å². The first-order valence-electron chi connectivity index (χ1n) is 7.87. The number of carbonyl (C=O) groups is 2. The van der Waals surface area contributed by atoms with Gasteiger partial charge in [0.25, 0.3) is 0 Å². The molecule has 1 saturated heterocycles. The van der Waals surface area contributed by atoms with E-state index >= 15 is 0 Å². The maximum Gasteiger partial charge on any atom is 0.224 e. The normalized spacial score (nSPS) is 17.0. The second kappa shape index (κ2) is 7.26. The van der Waals surface area contributed by atoms with E-state index in [0.717, 1.165) is 27.3 Å². The van der Waals surface area contributed by atoms with Gasteiger partial charge in [-0.05, 0) is 53.6 Å². The Morgan fingerprint density at radius 3 is 2.96 bits per heavy atom. The first-order valence-corrected chi connectivity index (χ1v) is 8.95. The van der Waals surface area contributed by atoms with Crippen LogP contribution in [0.3, 0.4) is 0 Å². The van der Waals surface area contributed by atoms with Crippen LogP contribution in [0.15, 0.2) is 30.5 Å². The molecule has 122 valence electrons. The number of nitriles is 1. The average Bonchev–Trinajstić information content (AvgIpc) is 3.08. The highest BCUT2D eigenvalue weighted by Gasteiger charge is 2.28. The number of fused-ring (bicyclic) bond motifs is 1. The van der Waals surface area contributed by atoms with Gasteiger partial charge in [0.05, 0.1) is 11.6 Å². The average molecular weight is 433 g/mol. The van der Waals surface area contributed by atoms with Crippen LogP contribution in [-0.2, 0) is 4.79 Å². The molecule has 0 aliphatic carbocycles. The second-order valence-corrected chi connectivity index (χ2v) is 6.95. The summed E-state index contributed by atoms with van der Waals surface area (Å²) in [6.07, 6.45) is 3.50. The van der Waals surface area contributed by atoms with E-state index in [1.165, 1.54) is 0 Å². The molecular formula is C18H16IN3O2. The van der Waals surface area contributed by atoms with Crippen molar-refractivity contribution in [1.82, 2.24) is 9.88 Å². The maximum absolute atomic E-state index is 12.6. The number of likely N-dealkylation sites (tertiary alicyclic amines) is 1. The van der Waals surface area contributed by atoms with Crippen molar-refractivity contribution in [2.24, 2.45) is 0 Å². The Kier molecular flexibility index (Phi) is 5.09. The number of rotatable bonds is 4. The molecule has 1 fully saturated rings. The van der Waals surface area contributed by atoms with Crippen LogP contribution in [0.5, 0.6) is 0 Å². The van der Waals surface area contributed by atoms with Crippen molar-refractivity contribution in [3.8, 4) is 6.07 Å². The van der Waals surface area contributed by atoms with Crippen LogP contribution in [0.4, 0.5) is 0 Å². The third-order valence-electron chi connectivity index (χ3n) is 4.30. The molecule has 6 heteroatoms. The van der Waals surface area contributed by atoms with Gasteiger partial charge in [-0.25, -0.2) is 0 Å². The third-order valence-corrected chi connectivity index (χ3v) is 5.20. The van der Waals surface area contributed by atoms with Crippen molar-refractivity contribution in [3.05, 3.63) is 39.6 Å². The summed E-state index contributed by atoms with van der Waals surface area (Å²) in [6.45, 7) is 0.612. The number of aromatic nitrogens is 1. The molecule has 1 aliphatic rings. The van der Waals surface area contributed by atoms with Crippen molar-refractivity contribution in [1.29, 1.82) is 5.26 Å². The summed E-state index contributed by atoms with van der Waals surface area (Å²) in [4.78, 5) is 30.8. The monoisotopic (exact) mass is 433 g/mol. The summed E-state index contributed by atoms with van der Waals surface area (Å²) in [5, 5.41) is 9.91. The Hall–Kier alpha value is -2.01. The minimum atomic E-state index is -0.338. The number of benzene rings is 1. The minimum Gasteiger partial charge on any atom is -0.327 e. The Bertz CT molecular complexity index is 839. The van der Waals surface area contributed by atoms with E-state index in [-0.39, 0.29) is 30.6 Å². The Morgan fingerprint density at radius 2 is 2.17 bits per heavy atom. The van der Waals surface area contributed by atoms with Crippen LogP contribution < -0.4 is 0 Å². The molecule has 0 bridgehead atoms. The zero-order chi connectivity index (χ0) is 17.1. The van der Waals surface area contributed by atoms with E-state index in [9.17, 15) is 9.59 Å². The summed E-state index contributed by atoms with van der Waals surface area (Å²) in [5.41, 5.74) is 1.39. The molecular weight excluding hydrogens is 417 g/mol. The van der Waals surface area contributed by atoms with Crippen LogP contribution in [-0.4, -0.2) is 34.2 Å². The fraction of sp³-hybridized carbons (Fsp3) is 0.333. The SMILES string of the molecule is N#C[C@@H]1CCCN1C(=O)CCC(=O)c1ccnc2cccc(I)c12. The van der Waals surface area contributed by atoms with E-state index in [2.05, 4.69) is 33.6 Å². The highest BCUT2D eigenvalue weighted by Crippen LogP contribution is 2.24.